The number of nitro benzene ring substituents is 1. The Morgan fingerprint density at radius 1 is 1.03 bits per heavy atom. The Labute approximate surface area is 164 Å². The molecule has 1 N–H and O–H groups in total. The molecular weight excluding hydrogens is 411 g/mol. The lowest BCUT2D eigenvalue weighted by Crippen LogP contribution is -2.34. The highest BCUT2D eigenvalue weighted by Crippen LogP contribution is 2.46. The van der Waals surface area contributed by atoms with E-state index in [1.165, 1.54) is 12.1 Å². The lowest BCUT2D eigenvalue weighted by atomic mass is 10.2. The molecular formula is C18H16F3N3O4S. The van der Waals surface area contributed by atoms with Crippen LogP contribution in [0.3, 0.4) is 0 Å². The Bertz CT molecular complexity index is 1070. The second-order valence-corrected chi connectivity index (χ2v) is 8.99. The molecule has 1 aliphatic carbocycles. The first-order chi connectivity index (χ1) is 13.7. The second-order valence-electron chi connectivity index (χ2n) is 7.28. The van der Waals surface area contributed by atoms with Crippen molar-refractivity contribution in [1.82, 2.24) is 9.62 Å². The van der Waals surface area contributed by atoms with E-state index in [-0.39, 0.29) is 40.6 Å². The monoisotopic (exact) mass is 427 g/mol. The van der Waals surface area contributed by atoms with E-state index in [9.17, 15) is 31.7 Å². The van der Waals surface area contributed by atoms with Crippen LogP contribution in [-0.4, -0.2) is 37.4 Å². The van der Waals surface area contributed by atoms with Crippen LogP contribution in [0.15, 0.2) is 41.3 Å². The van der Waals surface area contributed by atoms with Gasteiger partial charge in [-0.1, -0.05) is 0 Å². The zero-order valence-corrected chi connectivity index (χ0v) is 15.7. The van der Waals surface area contributed by atoms with Crippen molar-refractivity contribution in [3.05, 3.63) is 69.5 Å². The number of non-ortho nitro benzene ring substituents is 1. The number of sulfonamides is 1. The van der Waals surface area contributed by atoms with Gasteiger partial charge in [0.25, 0.3) is 5.69 Å². The molecule has 2 aromatic carbocycles. The molecule has 4 rings (SSSR count). The molecule has 3 atom stereocenters. The van der Waals surface area contributed by atoms with Crippen LogP contribution < -0.4 is 4.72 Å². The molecule has 1 saturated heterocycles. The van der Waals surface area contributed by atoms with E-state index in [0.717, 1.165) is 18.2 Å². The lowest BCUT2D eigenvalue weighted by molar-refractivity contribution is -0.384. The number of piperidine rings is 1. The third kappa shape index (κ3) is 3.85. The Morgan fingerprint density at radius 2 is 1.62 bits per heavy atom. The molecule has 2 fully saturated rings. The molecule has 0 aromatic heterocycles. The maximum atomic E-state index is 13.8. The molecule has 29 heavy (non-hydrogen) atoms. The zero-order chi connectivity index (χ0) is 20.9. The minimum atomic E-state index is -3.82. The highest BCUT2D eigenvalue weighted by molar-refractivity contribution is 7.89. The molecule has 154 valence electrons. The second kappa shape index (κ2) is 7.08. The van der Waals surface area contributed by atoms with Crippen LogP contribution in [0.25, 0.3) is 0 Å². The smallest absolute Gasteiger partial charge is 0.269 e. The number of hydrogen-bond acceptors (Lipinski definition) is 5. The van der Waals surface area contributed by atoms with E-state index >= 15 is 0 Å². The number of nitro groups is 1. The van der Waals surface area contributed by atoms with Crippen LogP contribution in [-0.2, 0) is 16.6 Å². The Morgan fingerprint density at radius 3 is 2.21 bits per heavy atom. The normalized spacial score (nSPS) is 23.8. The predicted molar refractivity (Wildman–Crippen MR) is 95.8 cm³/mol. The lowest BCUT2D eigenvalue weighted by Gasteiger charge is -2.20. The Kier molecular flexibility index (Phi) is 4.83. The summed E-state index contributed by atoms with van der Waals surface area (Å²) in [6.45, 7) is 1.10. The number of nitrogens with one attached hydrogen (secondary N) is 1. The fourth-order valence-electron chi connectivity index (χ4n) is 3.84. The quantitative estimate of drug-likeness (QED) is 0.434. The summed E-state index contributed by atoms with van der Waals surface area (Å²) in [7, 11) is -3.82. The molecule has 1 unspecified atom stereocenters. The summed E-state index contributed by atoms with van der Waals surface area (Å²) in [4.78, 5) is 11.9. The molecule has 1 saturated carbocycles. The van der Waals surface area contributed by atoms with Crippen LogP contribution in [0.5, 0.6) is 0 Å². The largest absolute Gasteiger partial charge is 0.298 e. The van der Waals surface area contributed by atoms with Gasteiger partial charge in [0, 0.05) is 49.4 Å². The van der Waals surface area contributed by atoms with Gasteiger partial charge in [0.2, 0.25) is 10.0 Å². The average molecular weight is 427 g/mol. The summed E-state index contributed by atoms with van der Waals surface area (Å²) in [5.41, 5.74) is -0.152. The number of hydrogen-bond donors (Lipinski definition) is 1. The van der Waals surface area contributed by atoms with Crippen LogP contribution in [0.1, 0.15) is 5.56 Å². The highest BCUT2D eigenvalue weighted by Gasteiger charge is 2.57. The molecule has 2 aromatic rings. The van der Waals surface area contributed by atoms with Gasteiger partial charge in [-0.05, 0) is 30.0 Å². The number of benzene rings is 2. The predicted octanol–water partition coefficient (Wildman–Crippen LogP) is 2.42. The van der Waals surface area contributed by atoms with E-state index in [4.69, 9.17) is 0 Å². The summed E-state index contributed by atoms with van der Waals surface area (Å²) in [6, 6.07) is 5.68. The number of fused-ring (bicyclic) bond motifs is 1. The molecule has 11 heteroatoms. The van der Waals surface area contributed by atoms with E-state index in [0.29, 0.717) is 19.2 Å². The summed E-state index contributed by atoms with van der Waals surface area (Å²) in [5, 5.41) is 10.7. The van der Waals surface area contributed by atoms with Crippen LogP contribution in [0.4, 0.5) is 18.9 Å². The van der Waals surface area contributed by atoms with Gasteiger partial charge in [-0.15, -0.1) is 0 Å². The van der Waals surface area contributed by atoms with Crippen molar-refractivity contribution in [2.75, 3.05) is 13.1 Å². The third-order valence-corrected chi connectivity index (χ3v) is 6.88. The van der Waals surface area contributed by atoms with Crippen molar-refractivity contribution in [2.24, 2.45) is 11.8 Å². The molecule has 1 heterocycles. The van der Waals surface area contributed by atoms with Gasteiger partial charge >= 0.3 is 0 Å². The van der Waals surface area contributed by atoms with Gasteiger partial charge in [-0.25, -0.2) is 26.3 Å². The van der Waals surface area contributed by atoms with Gasteiger partial charge in [0.05, 0.1) is 9.82 Å². The van der Waals surface area contributed by atoms with E-state index in [1.807, 2.05) is 4.90 Å². The Hall–Kier alpha value is -2.50. The summed E-state index contributed by atoms with van der Waals surface area (Å²) < 4.78 is 67.7. The van der Waals surface area contributed by atoms with Crippen molar-refractivity contribution in [3.63, 3.8) is 0 Å². The van der Waals surface area contributed by atoms with Crippen molar-refractivity contribution >= 4 is 15.7 Å². The molecule has 0 spiro atoms. The number of likely N-dealkylation sites (tertiary alicyclic amines) is 1. The fourth-order valence-corrected chi connectivity index (χ4v) is 5.18. The first-order valence-corrected chi connectivity index (χ1v) is 10.3. The highest BCUT2D eigenvalue weighted by atomic mass is 32.2. The Balaban J connectivity index is 1.36. The molecule has 0 amide bonds. The number of rotatable bonds is 6. The first-order valence-electron chi connectivity index (χ1n) is 8.78. The van der Waals surface area contributed by atoms with Gasteiger partial charge in [0.15, 0.2) is 11.6 Å². The van der Waals surface area contributed by atoms with Crippen molar-refractivity contribution in [3.8, 4) is 0 Å². The van der Waals surface area contributed by atoms with Crippen LogP contribution >= 0.6 is 0 Å². The van der Waals surface area contributed by atoms with E-state index < -0.39 is 32.4 Å². The SMILES string of the molecule is O=[N+]([O-])c1ccc(S(=O)(=O)NC2[C@H]3CN(Cc4cc(F)c(F)cc4F)C[C@@H]23)cc1. The maximum Gasteiger partial charge on any atom is 0.269 e. The summed E-state index contributed by atoms with van der Waals surface area (Å²) in [6.07, 6.45) is 0. The zero-order valence-electron chi connectivity index (χ0n) is 14.9. The van der Waals surface area contributed by atoms with E-state index in [2.05, 4.69) is 4.72 Å². The van der Waals surface area contributed by atoms with Gasteiger partial charge in [0.1, 0.15) is 5.82 Å². The topological polar surface area (TPSA) is 92.5 Å². The summed E-state index contributed by atoms with van der Waals surface area (Å²) >= 11 is 0. The van der Waals surface area contributed by atoms with Crippen molar-refractivity contribution in [1.29, 1.82) is 0 Å². The minimum Gasteiger partial charge on any atom is -0.298 e. The fraction of sp³-hybridized carbons (Fsp3) is 0.333. The third-order valence-electron chi connectivity index (χ3n) is 5.40. The maximum absolute atomic E-state index is 13.8. The van der Waals surface area contributed by atoms with Crippen LogP contribution in [0.2, 0.25) is 0 Å². The van der Waals surface area contributed by atoms with Crippen LogP contribution in [0, 0.1) is 39.4 Å². The summed E-state index contributed by atoms with van der Waals surface area (Å²) in [5.74, 6) is -3.09. The van der Waals surface area contributed by atoms with Gasteiger partial charge in [-0.2, -0.15) is 0 Å². The van der Waals surface area contributed by atoms with Crippen molar-refractivity contribution in [2.45, 2.75) is 17.5 Å². The van der Waals surface area contributed by atoms with Gasteiger partial charge < -0.3 is 0 Å². The average Bonchev–Trinajstić information content (AvgIpc) is 3.09. The molecule has 1 aliphatic heterocycles. The minimum absolute atomic E-state index is 0.0381. The van der Waals surface area contributed by atoms with Crippen molar-refractivity contribution < 1.29 is 26.5 Å². The first kappa shape index (κ1) is 19.8. The molecule has 0 radical (unpaired) electrons. The number of nitrogens with zero attached hydrogens (tertiary/aromatic N) is 2. The number of halogens is 3. The van der Waals surface area contributed by atoms with E-state index in [1.54, 1.807) is 0 Å². The molecule has 7 nitrogen and oxygen atoms in total. The van der Waals surface area contributed by atoms with Gasteiger partial charge in [-0.3, -0.25) is 15.0 Å². The molecule has 0 bridgehead atoms. The standard InChI is InChI=1S/C18H16F3N3O4S/c19-15-6-17(21)16(20)5-10(15)7-23-8-13-14(9-23)18(13)22-29(27,28)12-3-1-11(2-4-12)24(25)26/h1-6,13-14,18,22H,7-9H2/t13-,14+,18?. The molecule has 2 aliphatic rings.